The normalized spacial score (nSPS) is 10.6. The zero-order valence-corrected chi connectivity index (χ0v) is 16.2. The van der Waals surface area contributed by atoms with Gasteiger partial charge in [0.15, 0.2) is 6.61 Å². The SMILES string of the molecule is O=C(COC(=O)c1cc2ccccc2[nH]1)Nc1ccccc1Sc1ccccc1. The lowest BCUT2D eigenvalue weighted by atomic mass is 10.2. The minimum atomic E-state index is -0.566. The van der Waals surface area contributed by atoms with E-state index in [-0.39, 0.29) is 6.61 Å². The zero-order valence-electron chi connectivity index (χ0n) is 15.4. The molecule has 0 atom stereocenters. The van der Waals surface area contributed by atoms with Crippen molar-refractivity contribution in [3.05, 3.63) is 90.6 Å². The number of rotatable bonds is 6. The highest BCUT2D eigenvalue weighted by atomic mass is 32.2. The Kier molecular flexibility index (Phi) is 5.63. The van der Waals surface area contributed by atoms with Crippen LogP contribution in [0.5, 0.6) is 0 Å². The topological polar surface area (TPSA) is 71.2 Å². The fourth-order valence-corrected chi connectivity index (χ4v) is 3.78. The number of aromatic amines is 1. The number of esters is 1. The van der Waals surface area contributed by atoms with Crippen molar-refractivity contribution in [2.45, 2.75) is 9.79 Å². The minimum absolute atomic E-state index is 0.319. The van der Waals surface area contributed by atoms with Gasteiger partial charge in [-0.15, -0.1) is 0 Å². The second-order valence-electron chi connectivity index (χ2n) is 6.31. The number of H-pyrrole nitrogens is 1. The molecule has 0 saturated heterocycles. The molecular weight excluding hydrogens is 384 g/mol. The number of anilines is 1. The molecule has 1 amide bonds. The molecule has 0 radical (unpaired) electrons. The third kappa shape index (κ3) is 4.67. The molecule has 144 valence electrons. The van der Waals surface area contributed by atoms with Gasteiger partial charge in [0.25, 0.3) is 5.91 Å². The van der Waals surface area contributed by atoms with E-state index in [1.165, 1.54) is 0 Å². The number of para-hydroxylation sites is 2. The van der Waals surface area contributed by atoms with Crippen molar-refractivity contribution in [2.75, 3.05) is 11.9 Å². The lowest BCUT2D eigenvalue weighted by molar-refractivity contribution is -0.119. The summed E-state index contributed by atoms with van der Waals surface area (Å²) in [5, 5.41) is 3.73. The van der Waals surface area contributed by atoms with Crippen molar-refractivity contribution in [3.8, 4) is 0 Å². The molecule has 1 aromatic heterocycles. The van der Waals surface area contributed by atoms with Gasteiger partial charge in [-0.05, 0) is 36.4 Å². The Morgan fingerprint density at radius 1 is 0.897 bits per heavy atom. The number of carbonyl (C=O) groups excluding carboxylic acids is 2. The van der Waals surface area contributed by atoms with Crippen LogP contribution in [0.1, 0.15) is 10.5 Å². The third-order valence-corrected chi connectivity index (χ3v) is 5.30. The smallest absolute Gasteiger partial charge is 0.355 e. The van der Waals surface area contributed by atoms with Gasteiger partial charge in [0.1, 0.15) is 5.69 Å². The third-order valence-electron chi connectivity index (χ3n) is 4.22. The number of aromatic nitrogens is 1. The van der Waals surface area contributed by atoms with E-state index in [2.05, 4.69) is 10.3 Å². The molecule has 0 saturated carbocycles. The molecule has 0 spiro atoms. The van der Waals surface area contributed by atoms with Crippen LogP contribution in [0.15, 0.2) is 94.7 Å². The first-order valence-corrected chi connectivity index (χ1v) is 9.87. The number of amides is 1. The van der Waals surface area contributed by atoms with Crippen LogP contribution in [-0.4, -0.2) is 23.5 Å². The summed E-state index contributed by atoms with van der Waals surface area (Å²) in [6.45, 7) is -0.363. The quantitative estimate of drug-likeness (QED) is 0.440. The van der Waals surface area contributed by atoms with Gasteiger partial charge in [0.2, 0.25) is 0 Å². The molecule has 1 heterocycles. The summed E-state index contributed by atoms with van der Waals surface area (Å²) >= 11 is 1.55. The first-order valence-electron chi connectivity index (χ1n) is 9.06. The highest BCUT2D eigenvalue weighted by molar-refractivity contribution is 7.99. The van der Waals surface area contributed by atoms with Gasteiger partial charge in [0.05, 0.1) is 5.69 Å². The number of ether oxygens (including phenoxy) is 1. The Labute approximate surface area is 172 Å². The summed E-state index contributed by atoms with van der Waals surface area (Å²) in [7, 11) is 0. The molecule has 4 rings (SSSR count). The maximum absolute atomic E-state index is 12.3. The summed E-state index contributed by atoms with van der Waals surface area (Å²) in [5.41, 5.74) is 1.84. The highest BCUT2D eigenvalue weighted by Gasteiger charge is 2.14. The molecule has 0 unspecified atom stereocenters. The van der Waals surface area contributed by atoms with E-state index in [1.807, 2.05) is 78.9 Å². The van der Waals surface area contributed by atoms with E-state index in [1.54, 1.807) is 17.8 Å². The Balaban J connectivity index is 1.38. The first kappa shape index (κ1) is 18.8. The molecule has 2 N–H and O–H groups in total. The standard InChI is InChI=1S/C23H18N2O3S/c26-22(15-28-23(27)20-14-16-8-4-5-11-18(16)24-20)25-19-12-6-7-13-21(19)29-17-9-2-1-3-10-17/h1-14,24H,15H2,(H,25,26). The van der Waals surface area contributed by atoms with Crippen LogP contribution in [0.2, 0.25) is 0 Å². The Hall–Kier alpha value is -3.51. The van der Waals surface area contributed by atoms with Gasteiger partial charge in [-0.25, -0.2) is 4.79 Å². The number of hydrogen-bond acceptors (Lipinski definition) is 4. The van der Waals surface area contributed by atoms with Crippen LogP contribution in [-0.2, 0) is 9.53 Å². The van der Waals surface area contributed by atoms with Crippen molar-refractivity contribution in [1.29, 1.82) is 0 Å². The number of nitrogens with one attached hydrogen (secondary N) is 2. The molecule has 0 fully saturated rings. The van der Waals surface area contributed by atoms with Crippen molar-refractivity contribution in [1.82, 2.24) is 4.98 Å². The maximum atomic E-state index is 12.3. The van der Waals surface area contributed by atoms with E-state index >= 15 is 0 Å². The van der Waals surface area contributed by atoms with Gasteiger partial charge >= 0.3 is 5.97 Å². The first-order chi connectivity index (χ1) is 14.2. The van der Waals surface area contributed by atoms with Crippen molar-refractivity contribution in [3.63, 3.8) is 0 Å². The van der Waals surface area contributed by atoms with Crippen LogP contribution in [0, 0.1) is 0 Å². The molecule has 0 aliphatic carbocycles. The molecule has 0 bridgehead atoms. The molecule has 3 aromatic carbocycles. The Bertz CT molecular complexity index is 1120. The number of benzene rings is 3. The zero-order chi connectivity index (χ0) is 20.1. The van der Waals surface area contributed by atoms with Crippen molar-refractivity contribution >= 4 is 40.2 Å². The van der Waals surface area contributed by atoms with E-state index in [4.69, 9.17) is 4.74 Å². The largest absolute Gasteiger partial charge is 0.451 e. The summed E-state index contributed by atoms with van der Waals surface area (Å²) < 4.78 is 5.16. The van der Waals surface area contributed by atoms with Crippen molar-refractivity contribution in [2.24, 2.45) is 0 Å². The van der Waals surface area contributed by atoms with Crippen LogP contribution < -0.4 is 5.32 Å². The van der Waals surface area contributed by atoms with E-state index in [0.29, 0.717) is 11.4 Å². The number of hydrogen-bond donors (Lipinski definition) is 2. The molecule has 4 aromatic rings. The Morgan fingerprint density at radius 2 is 1.62 bits per heavy atom. The van der Waals surface area contributed by atoms with Crippen LogP contribution in [0.3, 0.4) is 0 Å². The van der Waals surface area contributed by atoms with E-state index in [0.717, 1.165) is 20.7 Å². The monoisotopic (exact) mass is 402 g/mol. The molecule has 0 aliphatic rings. The predicted octanol–water partition coefficient (Wildman–Crippen LogP) is 5.11. The molecule has 6 heteroatoms. The lowest BCUT2D eigenvalue weighted by Gasteiger charge is -2.11. The van der Waals surface area contributed by atoms with Crippen LogP contribution >= 0.6 is 11.8 Å². The van der Waals surface area contributed by atoms with Crippen molar-refractivity contribution < 1.29 is 14.3 Å². The number of fused-ring (bicyclic) bond motifs is 1. The second kappa shape index (κ2) is 8.67. The minimum Gasteiger partial charge on any atom is -0.451 e. The summed E-state index contributed by atoms with van der Waals surface area (Å²) in [4.78, 5) is 29.5. The summed E-state index contributed by atoms with van der Waals surface area (Å²) in [5.74, 6) is -0.959. The maximum Gasteiger partial charge on any atom is 0.355 e. The lowest BCUT2D eigenvalue weighted by Crippen LogP contribution is -2.21. The average Bonchev–Trinajstić information content (AvgIpc) is 3.19. The summed E-state index contributed by atoms with van der Waals surface area (Å²) in [6.07, 6.45) is 0. The second-order valence-corrected chi connectivity index (χ2v) is 7.42. The molecule has 5 nitrogen and oxygen atoms in total. The fourth-order valence-electron chi connectivity index (χ4n) is 2.85. The molecule has 29 heavy (non-hydrogen) atoms. The van der Waals surface area contributed by atoms with Crippen LogP contribution in [0.4, 0.5) is 5.69 Å². The molecular formula is C23H18N2O3S. The highest BCUT2D eigenvalue weighted by Crippen LogP contribution is 2.33. The fraction of sp³-hybridized carbons (Fsp3) is 0.0435. The molecule has 0 aliphatic heterocycles. The predicted molar refractivity (Wildman–Crippen MR) is 114 cm³/mol. The van der Waals surface area contributed by atoms with Gasteiger partial charge in [-0.2, -0.15) is 0 Å². The van der Waals surface area contributed by atoms with E-state index in [9.17, 15) is 9.59 Å². The van der Waals surface area contributed by atoms with Gasteiger partial charge in [-0.1, -0.05) is 60.3 Å². The van der Waals surface area contributed by atoms with Crippen LogP contribution in [0.25, 0.3) is 10.9 Å². The Morgan fingerprint density at radius 3 is 2.45 bits per heavy atom. The average molecular weight is 402 g/mol. The van der Waals surface area contributed by atoms with E-state index < -0.39 is 11.9 Å². The summed E-state index contributed by atoms with van der Waals surface area (Å²) in [6, 6.07) is 26.7. The van der Waals surface area contributed by atoms with Gasteiger partial charge in [0, 0.05) is 20.7 Å². The van der Waals surface area contributed by atoms with Gasteiger partial charge < -0.3 is 15.0 Å². The number of carbonyl (C=O) groups is 2. The van der Waals surface area contributed by atoms with Gasteiger partial charge in [-0.3, -0.25) is 4.79 Å².